The highest BCUT2D eigenvalue weighted by Gasteiger charge is 2.18. The molecule has 1 aromatic carbocycles. The molecule has 0 atom stereocenters. The Kier molecular flexibility index (Phi) is 5.59. The van der Waals surface area contributed by atoms with Crippen LogP contribution in [0.4, 0.5) is 11.8 Å². The zero-order valence-corrected chi connectivity index (χ0v) is 19.6. The molecule has 1 fully saturated rings. The Labute approximate surface area is 194 Å². The van der Waals surface area contributed by atoms with Gasteiger partial charge in [-0.15, -0.1) is 11.3 Å². The second-order valence-electron chi connectivity index (χ2n) is 8.96. The molecule has 9 heteroatoms. The summed E-state index contributed by atoms with van der Waals surface area (Å²) in [6, 6.07) is 7.69. The van der Waals surface area contributed by atoms with Crippen molar-refractivity contribution in [2.45, 2.75) is 26.2 Å². The standard InChI is InChI=1S/C24H25N5O3S/c1-24(2,3)16-4-5-19-17(12-16)20(30)15(14-32-19)13-25-28-23-26-18-6-11-33-21(18)22(27-23)29-7-9-31-10-8-29/h4-6,11-14H,7-10H2,1-3H3,(H,26,27,28)/b25-13+. The number of nitrogens with zero attached hydrogens (tertiary/aromatic N) is 4. The van der Waals surface area contributed by atoms with Gasteiger partial charge < -0.3 is 14.1 Å². The van der Waals surface area contributed by atoms with Crippen LogP contribution in [0.15, 0.2) is 50.2 Å². The number of morpholine rings is 1. The smallest absolute Gasteiger partial charge is 0.246 e. The number of hydrogen-bond acceptors (Lipinski definition) is 9. The summed E-state index contributed by atoms with van der Waals surface area (Å²) in [5.41, 5.74) is 5.52. The number of ether oxygens (including phenoxy) is 1. The van der Waals surface area contributed by atoms with Crippen molar-refractivity contribution in [1.82, 2.24) is 9.97 Å². The zero-order chi connectivity index (χ0) is 23.0. The lowest BCUT2D eigenvalue weighted by Gasteiger charge is -2.28. The number of thiophene rings is 1. The molecule has 0 amide bonds. The van der Waals surface area contributed by atoms with E-state index in [9.17, 15) is 4.79 Å². The minimum Gasteiger partial charge on any atom is -0.463 e. The molecule has 0 aliphatic carbocycles. The van der Waals surface area contributed by atoms with E-state index in [1.807, 2.05) is 29.6 Å². The first-order chi connectivity index (χ1) is 15.9. The van der Waals surface area contributed by atoms with E-state index in [1.165, 1.54) is 12.5 Å². The molecular formula is C24H25N5O3S. The summed E-state index contributed by atoms with van der Waals surface area (Å²) in [6.45, 7) is 9.24. The van der Waals surface area contributed by atoms with E-state index < -0.39 is 0 Å². The Morgan fingerprint density at radius 3 is 2.79 bits per heavy atom. The van der Waals surface area contributed by atoms with Crippen molar-refractivity contribution in [1.29, 1.82) is 0 Å². The van der Waals surface area contributed by atoms with Gasteiger partial charge in [-0.05, 0) is 34.6 Å². The molecule has 1 saturated heterocycles. The highest BCUT2D eigenvalue weighted by Crippen LogP contribution is 2.30. The Bertz CT molecular complexity index is 1400. The summed E-state index contributed by atoms with van der Waals surface area (Å²) in [7, 11) is 0. The molecule has 1 aliphatic rings. The molecule has 170 valence electrons. The van der Waals surface area contributed by atoms with E-state index in [2.05, 4.69) is 46.2 Å². The van der Waals surface area contributed by atoms with Gasteiger partial charge in [0.05, 0.1) is 40.6 Å². The molecule has 4 aromatic rings. The van der Waals surface area contributed by atoms with Gasteiger partial charge in [0.25, 0.3) is 0 Å². The van der Waals surface area contributed by atoms with Crippen LogP contribution in [-0.4, -0.2) is 42.5 Å². The molecule has 4 heterocycles. The number of nitrogens with one attached hydrogen (secondary N) is 1. The number of hydrazone groups is 1. The maximum Gasteiger partial charge on any atom is 0.246 e. The van der Waals surface area contributed by atoms with Gasteiger partial charge in [-0.1, -0.05) is 26.8 Å². The first kappa shape index (κ1) is 21.5. The minimum absolute atomic E-state index is 0.0674. The van der Waals surface area contributed by atoms with Crippen molar-refractivity contribution in [2.24, 2.45) is 5.10 Å². The van der Waals surface area contributed by atoms with Crippen molar-refractivity contribution in [3.05, 3.63) is 57.3 Å². The fourth-order valence-electron chi connectivity index (χ4n) is 3.75. The molecule has 5 rings (SSSR count). The molecule has 0 bridgehead atoms. The second kappa shape index (κ2) is 8.57. The topological polar surface area (TPSA) is 92.8 Å². The molecule has 0 spiro atoms. The number of fused-ring (bicyclic) bond motifs is 2. The van der Waals surface area contributed by atoms with Crippen LogP contribution in [0.5, 0.6) is 0 Å². The van der Waals surface area contributed by atoms with Crippen molar-refractivity contribution >= 4 is 50.5 Å². The molecule has 1 N–H and O–H groups in total. The third-order valence-corrected chi connectivity index (χ3v) is 6.53. The van der Waals surface area contributed by atoms with Crippen LogP contribution in [0.2, 0.25) is 0 Å². The molecule has 0 radical (unpaired) electrons. The highest BCUT2D eigenvalue weighted by molar-refractivity contribution is 7.17. The van der Waals surface area contributed by atoms with Gasteiger partial charge in [-0.3, -0.25) is 4.79 Å². The molecular weight excluding hydrogens is 438 g/mol. The molecule has 8 nitrogen and oxygen atoms in total. The van der Waals surface area contributed by atoms with Gasteiger partial charge in [0.15, 0.2) is 5.82 Å². The normalized spacial score (nSPS) is 15.1. The monoisotopic (exact) mass is 463 g/mol. The maximum atomic E-state index is 13.0. The first-order valence-electron chi connectivity index (χ1n) is 10.8. The Morgan fingerprint density at radius 2 is 2.00 bits per heavy atom. The largest absolute Gasteiger partial charge is 0.463 e. The van der Waals surface area contributed by atoms with Crippen molar-refractivity contribution in [3.63, 3.8) is 0 Å². The van der Waals surface area contributed by atoms with E-state index in [-0.39, 0.29) is 10.8 Å². The van der Waals surface area contributed by atoms with Crippen molar-refractivity contribution in [2.75, 3.05) is 36.6 Å². The van der Waals surface area contributed by atoms with Gasteiger partial charge in [-0.2, -0.15) is 10.1 Å². The lowest BCUT2D eigenvalue weighted by Crippen LogP contribution is -2.36. The predicted molar refractivity (Wildman–Crippen MR) is 133 cm³/mol. The second-order valence-corrected chi connectivity index (χ2v) is 9.87. The number of aromatic nitrogens is 2. The van der Waals surface area contributed by atoms with Crippen LogP contribution in [-0.2, 0) is 10.2 Å². The summed E-state index contributed by atoms with van der Waals surface area (Å²) in [5, 5.41) is 6.77. The van der Waals surface area contributed by atoms with E-state index in [0.717, 1.165) is 34.7 Å². The molecule has 3 aromatic heterocycles. The first-order valence-corrected chi connectivity index (χ1v) is 11.7. The van der Waals surface area contributed by atoms with Crippen LogP contribution in [0.25, 0.3) is 21.2 Å². The van der Waals surface area contributed by atoms with Crippen LogP contribution < -0.4 is 15.8 Å². The van der Waals surface area contributed by atoms with E-state index in [1.54, 1.807) is 11.3 Å². The maximum absolute atomic E-state index is 13.0. The third-order valence-electron chi connectivity index (χ3n) is 5.63. The molecule has 0 saturated carbocycles. The zero-order valence-electron chi connectivity index (χ0n) is 18.8. The van der Waals surface area contributed by atoms with Crippen LogP contribution in [0.3, 0.4) is 0 Å². The average Bonchev–Trinajstić information content (AvgIpc) is 3.28. The summed E-state index contributed by atoms with van der Waals surface area (Å²) in [5.74, 6) is 1.25. The van der Waals surface area contributed by atoms with Gasteiger partial charge in [0.2, 0.25) is 11.4 Å². The average molecular weight is 464 g/mol. The fraction of sp³-hybridized carbons (Fsp3) is 0.333. The molecule has 1 aliphatic heterocycles. The summed E-state index contributed by atoms with van der Waals surface area (Å²) >= 11 is 1.62. The number of anilines is 2. The number of hydrogen-bond donors (Lipinski definition) is 1. The van der Waals surface area contributed by atoms with Gasteiger partial charge >= 0.3 is 0 Å². The lowest BCUT2D eigenvalue weighted by atomic mass is 9.86. The molecule has 33 heavy (non-hydrogen) atoms. The predicted octanol–water partition coefficient (Wildman–Crippen LogP) is 4.38. The third kappa shape index (κ3) is 4.34. The van der Waals surface area contributed by atoms with Crippen LogP contribution in [0, 0.1) is 0 Å². The van der Waals surface area contributed by atoms with Gasteiger partial charge in [-0.25, -0.2) is 10.4 Å². The quantitative estimate of drug-likeness (QED) is 0.355. The number of benzene rings is 1. The number of rotatable bonds is 4. The van der Waals surface area contributed by atoms with Crippen molar-refractivity contribution < 1.29 is 9.15 Å². The van der Waals surface area contributed by atoms with Crippen LogP contribution >= 0.6 is 11.3 Å². The van der Waals surface area contributed by atoms with E-state index in [4.69, 9.17) is 9.15 Å². The SMILES string of the molecule is CC(C)(C)c1ccc2occ(/C=N/Nc3nc(N4CCOCC4)c4sccc4n3)c(=O)c2c1. The summed E-state index contributed by atoms with van der Waals surface area (Å²) in [6.07, 6.45) is 2.87. The highest BCUT2D eigenvalue weighted by atomic mass is 32.1. The minimum atomic E-state index is -0.129. The fourth-order valence-corrected chi connectivity index (χ4v) is 4.60. The van der Waals surface area contributed by atoms with Crippen LogP contribution in [0.1, 0.15) is 31.9 Å². The van der Waals surface area contributed by atoms with Crippen molar-refractivity contribution in [3.8, 4) is 0 Å². The Hall–Kier alpha value is -3.30. The van der Waals surface area contributed by atoms with Gasteiger partial charge in [0.1, 0.15) is 11.8 Å². The Balaban J connectivity index is 1.43. The Morgan fingerprint density at radius 1 is 1.18 bits per heavy atom. The van der Waals surface area contributed by atoms with Gasteiger partial charge in [0, 0.05) is 13.1 Å². The molecule has 0 unspecified atom stereocenters. The van der Waals surface area contributed by atoms with E-state index in [0.29, 0.717) is 35.7 Å². The van der Waals surface area contributed by atoms with E-state index >= 15 is 0 Å². The summed E-state index contributed by atoms with van der Waals surface area (Å²) < 4.78 is 12.2. The summed E-state index contributed by atoms with van der Waals surface area (Å²) in [4.78, 5) is 24.5. The lowest BCUT2D eigenvalue weighted by molar-refractivity contribution is 0.122.